The first-order chi connectivity index (χ1) is 8.72. The van der Waals surface area contributed by atoms with Crippen molar-refractivity contribution >= 4 is 16.7 Å². The smallest absolute Gasteiger partial charge is 0.147 e. The number of carbonyl (C=O) groups excluding carboxylic acids is 1. The van der Waals surface area contributed by atoms with Crippen molar-refractivity contribution in [2.24, 2.45) is 0 Å². The van der Waals surface area contributed by atoms with Crippen LogP contribution in [0.2, 0.25) is 0 Å². The number of aromatic amines is 1. The minimum absolute atomic E-state index is 0.0980. The molecule has 0 spiro atoms. The quantitative estimate of drug-likeness (QED) is 0.871. The Hall–Kier alpha value is -1.61. The van der Waals surface area contributed by atoms with E-state index in [0.717, 1.165) is 11.9 Å². The predicted molar refractivity (Wildman–Crippen MR) is 76.9 cm³/mol. The van der Waals surface area contributed by atoms with E-state index in [1.54, 1.807) is 6.92 Å². The molecule has 0 saturated carbocycles. The molecule has 1 aromatic carbocycles. The molecule has 0 fully saturated rings. The van der Waals surface area contributed by atoms with Crippen molar-refractivity contribution in [3.8, 4) is 0 Å². The molecule has 1 heterocycles. The number of hydrogen-bond acceptors (Lipinski definition) is 2. The molecule has 3 heteroatoms. The number of aromatic nitrogens is 1. The summed E-state index contributed by atoms with van der Waals surface area (Å²) in [6.07, 6.45) is 2.72. The summed E-state index contributed by atoms with van der Waals surface area (Å²) in [6, 6.07) is 8.04. The van der Waals surface area contributed by atoms with Crippen LogP contribution in [0.4, 0.5) is 0 Å². The zero-order chi connectivity index (χ0) is 13.5. The van der Waals surface area contributed by atoms with Gasteiger partial charge in [-0.2, -0.15) is 0 Å². The molecule has 0 aliphatic carbocycles. The summed E-state index contributed by atoms with van der Waals surface area (Å²) in [5.41, 5.74) is 2.31. The largest absolute Gasteiger partial charge is 0.361 e. The minimum atomic E-state index is -0.0980. The van der Waals surface area contributed by atoms with E-state index in [4.69, 9.17) is 0 Å². The summed E-state index contributed by atoms with van der Waals surface area (Å²) >= 11 is 0. The van der Waals surface area contributed by atoms with Crippen LogP contribution < -0.4 is 5.32 Å². The number of hydrogen-bond donors (Lipinski definition) is 2. The molecule has 1 atom stereocenters. The Morgan fingerprint density at radius 1 is 1.33 bits per heavy atom. The van der Waals surface area contributed by atoms with E-state index < -0.39 is 0 Å². The lowest BCUT2D eigenvalue weighted by Crippen LogP contribution is -2.34. The van der Waals surface area contributed by atoms with Gasteiger partial charge in [-0.1, -0.05) is 32.0 Å². The maximum absolute atomic E-state index is 11.4. The van der Waals surface area contributed by atoms with Crippen molar-refractivity contribution in [3.05, 3.63) is 36.0 Å². The lowest BCUT2D eigenvalue weighted by atomic mass is 10.0. The highest BCUT2D eigenvalue weighted by Gasteiger charge is 2.14. The van der Waals surface area contributed by atoms with Gasteiger partial charge < -0.3 is 10.3 Å². The van der Waals surface area contributed by atoms with E-state index in [2.05, 4.69) is 16.4 Å². The molecule has 0 saturated heterocycles. The van der Waals surface area contributed by atoms with Crippen LogP contribution in [0.3, 0.4) is 0 Å². The van der Waals surface area contributed by atoms with E-state index >= 15 is 0 Å². The topological polar surface area (TPSA) is 44.9 Å². The number of carbonyl (C=O) groups is 1. The first-order valence-electron chi connectivity index (χ1n) is 6.45. The SMILES string of the molecule is CC.CN[C@@H](Cc1c[nH]c2ccccc12)C(C)=O. The zero-order valence-corrected chi connectivity index (χ0v) is 11.6. The standard InChI is InChI=1S/C13H16N2O.C2H6/c1-9(16)13(14-2)7-10-8-15-12-6-4-3-5-11(10)12;1-2/h3-6,8,13-15H,7H2,1-2H3;1-2H3/t13-;/m0./s1. The van der Waals surface area contributed by atoms with Gasteiger partial charge in [-0.15, -0.1) is 0 Å². The Labute approximate surface area is 109 Å². The van der Waals surface area contributed by atoms with Crippen molar-refractivity contribution in [1.29, 1.82) is 0 Å². The zero-order valence-electron chi connectivity index (χ0n) is 11.6. The molecular formula is C15H22N2O. The summed E-state index contributed by atoms with van der Waals surface area (Å²) in [6.45, 7) is 5.62. The van der Waals surface area contributed by atoms with Crippen molar-refractivity contribution < 1.29 is 4.79 Å². The number of benzene rings is 1. The molecule has 3 nitrogen and oxygen atoms in total. The van der Waals surface area contributed by atoms with Crippen LogP contribution >= 0.6 is 0 Å². The summed E-state index contributed by atoms with van der Waals surface area (Å²) in [7, 11) is 1.82. The van der Waals surface area contributed by atoms with Gasteiger partial charge in [0.15, 0.2) is 0 Å². The third-order valence-electron chi connectivity index (χ3n) is 2.94. The van der Waals surface area contributed by atoms with Crippen LogP contribution in [0.25, 0.3) is 10.9 Å². The fourth-order valence-electron chi connectivity index (χ4n) is 1.97. The van der Waals surface area contributed by atoms with Gasteiger partial charge in [0.2, 0.25) is 0 Å². The van der Waals surface area contributed by atoms with E-state index in [-0.39, 0.29) is 11.8 Å². The van der Waals surface area contributed by atoms with E-state index in [0.29, 0.717) is 0 Å². The maximum Gasteiger partial charge on any atom is 0.147 e. The van der Waals surface area contributed by atoms with Gasteiger partial charge in [-0.3, -0.25) is 4.79 Å². The fourth-order valence-corrected chi connectivity index (χ4v) is 1.97. The van der Waals surface area contributed by atoms with Crippen LogP contribution in [-0.4, -0.2) is 23.9 Å². The Bertz CT molecular complexity index is 502. The van der Waals surface area contributed by atoms with Crippen molar-refractivity contribution in [3.63, 3.8) is 0 Å². The highest BCUT2D eigenvalue weighted by Crippen LogP contribution is 2.19. The molecule has 0 aliphatic rings. The predicted octanol–water partition coefficient (Wildman–Crippen LogP) is 2.91. The van der Waals surface area contributed by atoms with Gasteiger partial charge in [0, 0.05) is 17.1 Å². The Morgan fingerprint density at radius 2 is 2.00 bits per heavy atom. The number of ketones is 1. The number of nitrogens with one attached hydrogen (secondary N) is 2. The average Bonchev–Trinajstić information content (AvgIpc) is 2.81. The lowest BCUT2D eigenvalue weighted by Gasteiger charge is -2.11. The van der Waals surface area contributed by atoms with Crippen molar-refractivity contribution in [1.82, 2.24) is 10.3 Å². The summed E-state index contributed by atoms with van der Waals surface area (Å²) in [5, 5.41) is 4.24. The third-order valence-corrected chi connectivity index (χ3v) is 2.94. The fraction of sp³-hybridized carbons (Fsp3) is 0.400. The normalized spacial score (nSPS) is 11.8. The van der Waals surface area contributed by atoms with Gasteiger partial charge in [0.05, 0.1) is 6.04 Å². The van der Waals surface area contributed by atoms with Gasteiger partial charge in [0.1, 0.15) is 5.78 Å². The average molecular weight is 246 g/mol. The Kier molecular flexibility index (Phi) is 5.59. The van der Waals surface area contributed by atoms with E-state index in [1.165, 1.54) is 10.9 Å². The molecule has 2 aromatic rings. The third kappa shape index (κ3) is 3.20. The molecule has 0 radical (unpaired) electrons. The molecule has 1 aromatic heterocycles. The van der Waals surface area contributed by atoms with Gasteiger partial charge in [-0.25, -0.2) is 0 Å². The van der Waals surface area contributed by atoms with Crippen LogP contribution in [0.5, 0.6) is 0 Å². The van der Waals surface area contributed by atoms with Crippen molar-refractivity contribution in [2.75, 3.05) is 7.05 Å². The molecule has 0 unspecified atom stereocenters. The molecule has 2 N–H and O–H groups in total. The molecule has 0 amide bonds. The van der Waals surface area contributed by atoms with E-state index in [9.17, 15) is 4.79 Å². The monoisotopic (exact) mass is 246 g/mol. The molecule has 98 valence electrons. The molecule has 18 heavy (non-hydrogen) atoms. The molecular weight excluding hydrogens is 224 g/mol. The number of rotatable bonds is 4. The highest BCUT2D eigenvalue weighted by atomic mass is 16.1. The Morgan fingerprint density at radius 3 is 2.61 bits per heavy atom. The van der Waals surface area contributed by atoms with Gasteiger partial charge in [-0.05, 0) is 32.0 Å². The van der Waals surface area contributed by atoms with Crippen LogP contribution in [0, 0.1) is 0 Å². The number of fused-ring (bicyclic) bond motifs is 1. The van der Waals surface area contributed by atoms with Crippen molar-refractivity contribution in [2.45, 2.75) is 33.2 Å². The van der Waals surface area contributed by atoms with Crippen LogP contribution in [-0.2, 0) is 11.2 Å². The highest BCUT2D eigenvalue weighted by molar-refractivity contribution is 5.86. The second-order valence-corrected chi connectivity index (χ2v) is 4.02. The van der Waals surface area contributed by atoms with Crippen LogP contribution in [0.15, 0.2) is 30.5 Å². The number of H-pyrrole nitrogens is 1. The molecule has 0 aliphatic heterocycles. The summed E-state index contributed by atoms with van der Waals surface area (Å²) in [4.78, 5) is 14.6. The summed E-state index contributed by atoms with van der Waals surface area (Å²) < 4.78 is 0. The van der Waals surface area contributed by atoms with E-state index in [1.807, 2.05) is 45.3 Å². The van der Waals surface area contributed by atoms with Crippen LogP contribution in [0.1, 0.15) is 26.3 Å². The van der Waals surface area contributed by atoms with Gasteiger partial charge >= 0.3 is 0 Å². The molecule has 2 rings (SSSR count). The van der Waals surface area contributed by atoms with Gasteiger partial charge in [0.25, 0.3) is 0 Å². The maximum atomic E-state index is 11.4. The first-order valence-corrected chi connectivity index (χ1v) is 6.45. The number of likely N-dealkylation sites (N-methyl/N-ethyl adjacent to an activating group) is 1. The Balaban J connectivity index is 0.000000771. The number of Topliss-reactive ketones (excluding diaryl/α,β-unsaturated/α-hetero) is 1. The second-order valence-electron chi connectivity index (χ2n) is 4.02. The lowest BCUT2D eigenvalue weighted by molar-refractivity contribution is -0.118. The summed E-state index contributed by atoms with van der Waals surface area (Å²) in [5.74, 6) is 0.174. The molecule has 0 bridgehead atoms. The second kappa shape index (κ2) is 6.97. The minimum Gasteiger partial charge on any atom is -0.361 e. The number of para-hydroxylation sites is 1. The first kappa shape index (κ1) is 14.5.